The van der Waals surface area contributed by atoms with E-state index >= 15 is 0 Å². The highest BCUT2D eigenvalue weighted by Crippen LogP contribution is 2.27. The molecule has 0 saturated heterocycles. The van der Waals surface area contributed by atoms with Gasteiger partial charge in [0, 0.05) is 25.2 Å². The van der Waals surface area contributed by atoms with Gasteiger partial charge in [0.25, 0.3) is 0 Å². The van der Waals surface area contributed by atoms with Crippen molar-refractivity contribution in [3.05, 3.63) is 53.1 Å². The first kappa shape index (κ1) is 18.6. The van der Waals surface area contributed by atoms with Gasteiger partial charge in [-0.1, -0.05) is 12.1 Å². The highest BCUT2D eigenvalue weighted by Gasteiger charge is 2.06. The first-order valence-corrected chi connectivity index (χ1v) is 8.31. The SMILES string of the molecule is COc1ccc(CNC(=O)CCNc2cc(C)cc(C)c2)cc1OC. The average Bonchev–Trinajstić information content (AvgIpc) is 2.58. The second-order valence-corrected chi connectivity index (χ2v) is 6.02. The number of amides is 1. The fourth-order valence-electron chi connectivity index (χ4n) is 2.68. The number of nitrogens with one attached hydrogen (secondary N) is 2. The molecule has 1 amide bonds. The van der Waals surface area contributed by atoms with Crippen LogP contribution in [-0.4, -0.2) is 26.7 Å². The Morgan fingerprint density at radius 2 is 1.64 bits per heavy atom. The Hall–Kier alpha value is -2.69. The molecule has 0 saturated carbocycles. The number of methoxy groups -OCH3 is 2. The van der Waals surface area contributed by atoms with Gasteiger partial charge in [-0.15, -0.1) is 0 Å². The lowest BCUT2D eigenvalue weighted by molar-refractivity contribution is -0.121. The van der Waals surface area contributed by atoms with Gasteiger partial charge in [0.15, 0.2) is 11.5 Å². The quantitative estimate of drug-likeness (QED) is 0.771. The van der Waals surface area contributed by atoms with Crippen LogP contribution in [0.25, 0.3) is 0 Å². The van der Waals surface area contributed by atoms with E-state index in [9.17, 15) is 4.79 Å². The smallest absolute Gasteiger partial charge is 0.222 e. The Morgan fingerprint density at radius 3 is 2.28 bits per heavy atom. The lowest BCUT2D eigenvalue weighted by Gasteiger charge is -2.11. The van der Waals surface area contributed by atoms with Gasteiger partial charge in [0.05, 0.1) is 14.2 Å². The van der Waals surface area contributed by atoms with E-state index in [2.05, 4.69) is 42.7 Å². The summed E-state index contributed by atoms with van der Waals surface area (Å²) < 4.78 is 10.5. The lowest BCUT2D eigenvalue weighted by atomic mass is 10.1. The number of rotatable bonds is 8. The van der Waals surface area contributed by atoms with E-state index in [1.165, 1.54) is 11.1 Å². The molecule has 0 unspecified atom stereocenters. The fourth-order valence-corrected chi connectivity index (χ4v) is 2.68. The first-order valence-electron chi connectivity index (χ1n) is 8.31. The Bertz CT molecular complexity index is 709. The van der Waals surface area contributed by atoms with Crippen molar-refractivity contribution in [2.24, 2.45) is 0 Å². The van der Waals surface area contributed by atoms with E-state index in [1.807, 2.05) is 18.2 Å². The zero-order valence-corrected chi connectivity index (χ0v) is 15.3. The van der Waals surface area contributed by atoms with Gasteiger partial charge < -0.3 is 20.1 Å². The summed E-state index contributed by atoms with van der Waals surface area (Å²) in [5, 5.41) is 6.21. The number of ether oxygens (including phenoxy) is 2. The molecule has 0 heterocycles. The second-order valence-electron chi connectivity index (χ2n) is 6.02. The van der Waals surface area contributed by atoms with Crippen molar-refractivity contribution >= 4 is 11.6 Å². The molecule has 5 nitrogen and oxygen atoms in total. The predicted molar refractivity (Wildman–Crippen MR) is 100 cm³/mol. The summed E-state index contributed by atoms with van der Waals surface area (Å²) in [5.41, 5.74) is 4.43. The fraction of sp³-hybridized carbons (Fsp3) is 0.350. The molecule has 25 heavy (non-hydrogen) atoms. The number of hydrogen-bond acceptors (Lipinski definition) is 4. The van der Waals surface area contributed by atoms with Gasteiger partial charge in [0.1, 0.15) is 0 Å². The minimum Gasteiger partial charge on any atom is -0.493 e. The zero-order chi connectivity index (χ0) is 18.2. The van der Waals surface area contributed by atoms with Crippen LogP contribution in [-0.2, 0) is 11.3 Å². The van der Waals surface area contributed by atoms with Gasteiger partial charge >= 0.3 is 0 Å². The van der Waals surface area contributed by atoms with Crippen molar-refractivity contribution in [1.29, 1.82) is 0 Å². The molecule has 2 rings (SSSR count). The molecule has 0 spiro atoms. The molecule has 2 N–H and O–H groups in total. The van der Waals surface area contributed by atoms with Crippen molar-refractivity contribution in [3.63, 3.8) is 0 Å². The molecular formula is C20H26N2O3. The van der Waals surface area contributed by atoms with Crippen LogP contribution < -0.4 is 20.1 Å². The third-order valence-corrected chi connectivity index (χ3v) is 3.84. The van der Waals surface area contributed by atoms with Crippen molar-refractivity contribution in [2.75, 3.05) is 26.1 Å². The van der Waals surface area contributed by atoms with Gasteiger partial charge in [-0.05, 0) is 54.8 Å². The summed E-state index contributed by atoms with van der Waals surface area (Å²) in [4.78, 5) is 12.0. The largest absolute Gasteiger partial charge is 0.493 e. The van der Waals surface area contributed by atoms with E-state index in [1.54, 1.807) is 14.2 Å². The Balaban J connectivity index is 1.79. The molecule has 0 aliphatic rings. The highest BCUT2D eigenvalue weighted by atomic mass is 16.5. The van der Waals surface area contributed by atoms with Crippen molar-refractivity contribution in [3.8, 4) is 11.5 Å². The minimum absolute atomic E-state index is 0.00617. The normalized spacial score (nSPS) is 10.2. The van der Waals surface area contributed by atoms with E-state index < -0.39 is 0 Å². The molecule has 5 heteroatoms. The number of carbonyl (C=O) groups is 1. The van der Waals surface area contributed by atoms with E-state index in [0.29, 0.717) is 31.0 Å². The van der Waals surface area contributed by atoms with Crippen molar-refractivity contribution < 1.29 is 14.3 Å². The number of aryl methyl sites for hydroxylation is 2. The van der Waals surface area contributed by atoms with E-state index in [0.717, 1.165) is 11.3 Å². The minimum atomic E-state index is 0.00617. The molecule has 0 fully saturated rings. The molecule has 0 aliphatic carbocycles. The van der Waals surface area contributed by atoms with Crippen LogP contribution in [0.4, 0.5) is 5.69 Å². The summed E-state index contributed by atoms with van der Waals surface area (Å²) in [6.07, 6.45) is 0.417. The maximum atomic E-state index is 12.0. The van der Waals surface area contributed by atoms with Crippen LogP contribution in [0.3, 0.4) is 0 Å². The second kappa shape index (κ2) is 8.97. The molecule has 0 aliphatic heterocycles. The van der Waals surface area contributed by atoms with Crippen LogP contribution in [0.2, 0.25) is 0 Å². The van der Waals surface area contributed by atoms with Gasteiger partial charge in [-0.25, -0.2) is 0 Å². The molecular weight excluding hydrogens is 316 g/mol. The van der Waals surface area contributed by atoms with Gasteiger partial charge in [-0.3, -0.25) is 4.79 Å². The molecule has 2 aromatic carbocycles. The summed E-state index contributed by atoms with van der Waals surface area (Å²) in [7, 11) is 3.20. The monoisotopic (exact) mass is 342 g/mol. The van der Waals surface area contributed by atoms with Crippen LogP contribution in [0, 0.1) is 13.8 Å². The Labute approximate surface area is 149 Å². The molecule has 134 valence electrons. The van der Waals surface area contributed by atoms with Crippen LogP contribution in [0.15, 0.2) is 36.4 Å². The lowest BCUT2D eigenvalue weighted by Crippen LogP contribution is -2.24. The van der Waals surface area contributed by atoms with Crippen molar-refractivity contribution in [2.45, 2.75) is 26.8 Å². The van der Waals surface area contributed by atoms with Crippen molar-refractivity contribution in [1.82, 2.24) is 5.32 Å². The summed E-state index contributed by atoms with van der Waals surface area (Å²) >= 11 is 0. The average molecular weight is 342 g/mol. The number of anilines is 1. The zero-order valence-electron chi connectivity index (χ0n) is 15.3. The highest BCUT2D eigenvalue weighted by molar-refractivity contribution is 5.76. The van der Waals surface area contributed by atoms with Gasteiger partial charge in [0.2, 0.25) is 5.91 Å². The van der Waals surface area contributed by atoms with Crippen LogP contribution in [0.1, 0.15) is 23.1 Å². The molecule has 2 aromatic rings. The van der Waals surface area contributed by atoms with Crippen LogP contribution >= 0.6 is 0 Å². The van der Waals surface area contributed by atoms with E-state index in [-0.39, 0.29) is 5.91 Å². The molecule has 0 bridgehead atoms. The number of benzene rings is 2. The maximum Gasteiger partial charge on any atom is 0.222 e. The Kier molecular flexibility index (Phi) is 6.69. The van der Waals surface area contributed by atoms with Gasteiger partial charge in [-0.2, -0.15) is 0 Å². The summed E-state index contributed by atoms with van der Waals surface area (Å²) in [6.45, 7) is 5.19. The van der Waals surface area contributed by atoms with Crippen LogP contribution in [0.5, 0.6) is 11.5 Å². The third kappa shape index (κ3) is 5.71. The summed E-state index contributed by atoms with van der Waals surface area (Å²) in [6, 6.07) is 11.9. The maximum absolute atomic E-state index is 12.0. The molecule has 0 aromatic heterocycles. The first-order chi connectivity index (χ1) is 12.0. The Morgan fingerprint density at radius 1 is 0.960 bits per heavy atom. The molecule has 0 atom stereocenters. The molecule has 0 radical (unpaired) electrons. The standard InChI is InChI=1S/C20H26N2O3/c1-14-9-15(2)11-17(10-14)21-8-7-20(23)22-13-16-5-6-18(24-3)19(12-16)25-4/h5-6,9-12,21H,7-8,13H2,1-4H3,(H,22,23). The topological polar surface area (TPSA) is 59.6 Å². The third-order valence-electron chi connectivity index (χ3n) is 3.84. The predicted octanol–water partition coefficient (Wildman–Crippen LogP) is 3.44. The van der Waals surface area contributed by atoms with E-state index in [4.69, 9.17) is 9.47 Å². The number of hydrogen-bond donors (Lipinski definition) is 2. The summed E-state index contributed by atoms with van der Waals surface area (Å²) in [5.74, 6) is 1.34. The number of carbonyl (C=O) groups excluding carboxylic acids is 1.